The molecular weight excluding hydrogens is 258 g/mol. The predicted molar refractivity (Wildman–Crippen MR) is 72.8 cm³/mol. The van der Waals surface area contributed by atoms with Gasteiger partial charge in [-0.25, -0.2) is 0 Å². The molecule has 1 saturated carbocycles. The van der Waals surface area contributed by atoms with Gasteiger partial charge in [-0.05, 0) is 25.8 Å². The zero-order valence-electron chi connectivity index (χ0n) is 11.7. The molecule has 1 aliphatic rings. The lowest BCUT2D eigenvalue weighted by molar-refractivity contribution is -0.148. The minimum Gasteiger partial charge on any atom is -0.481 e. The first-order valence-corrected chi connectivity index (χ1v) is 7.14. The van der Waals surface area contributed by atoms with Gasteiger partial charge in [0.15, 0.2) is 0 Å². The van der Waals surface area contributed by atoms with E-state index in [9.17, 15) is 14.7 Å². The van der Waals surface area contributed by atoms with Crippen molar-refractivity contribution in [1.82, 2.24) is 15.1 Å². The Morgan fingerprint density at radius 1 is 1.40 bits per heavy atom. The Bertz CT molecular complexity index is 484. The van der Waals surface area contributed by atoms with Crippen LogP contribution in [-0.2, 0) is 22.7 Å². The van der Waals surface area contributed by atoms with Crippen molar-refractivity contribution in [3.05, 3.63) is 18.0 Å². The fourth-order valence-corrected chi connectivity index (χ4v) is 2.72. The number of aliphatic carboxylic acids is 1. The molecule has 2 rings (SSSR count). The molecule has 1 aromatic rings. The first kappa shape index (κ1) is 14.6. The molecule has 1 fully saturated rings. The molecule has 110 valence electrons. The number of carboxylic acid groups (broad SMARTS) is 1. The number of carbonyl (C=O) groups is 2. The number of aromatic nitrogens is 2. The smallest absolute Gasteiger partial charge is 0.307 e. The van der Waals surface area contributed by atoms with E-state index in [0.29, 0.717) is 19.4 Å². The summed E-state index contributed by atoms with van der Waals surface area (Å²) in [5, 5.41) is 16.3. The molecule has 1 aromatic heterocycles. The zero-order chi connectivity index (χ0) is 14.5. The Balaban J connectivity index is 1.91. The van der Waals surface area contributed by atoms with Crippen molar-refractivity contribution in [3.63, 3.8) is 0 Å². The summed E-state index contributed by atoms with van der Waals surface area (Å²) in [6.45, 7) is 3.14. The van der Waals surface area contributed by atoms with Crippen molar-refractivity contribution in [1.29, 1.82) is 0 Å². The van der Waals surface area contributed by atoms with E-state index in [1.165, 1.54) is 0 Å². The Kier molecular flexibility index (Phi) is 4.76. The van der Waals surface area contributed by atoms with E-state index in [4.69, 9.17) is 0 Å². The second-order valence-corrected chi connectivity index (χ2v) is 5.22. The van der Waals surface area contributed by atoms with Gasteiger partial charge in [-0.3, -0.25) is 14.3 Å². The van der Waals surface area contributed by atoms with Gasteiger partial charge in [-0.2, -0.15) is 5.10 Å². The normalized spacial score (nSPS) is 22.4. The molecule has 0 saturated heterocycles. The maximum absolute atomic E-state index is 12.2. The van der Waals surface area contributed by atoms with Crippen LogP contribution < -0.4 is 5.32 Å². The minimum absolute atomic E-state index is 0.164. The van der Waals surface area contributed by atoms with Gasteiger partial charge in [0.1, 0.15) is 0 Å². The summed E-state index contributed by atoms with van der Waals surface area (Å²) in [4.78, 5) is 23.3. The van der Waals surface area contributed by atoms with Gasteiger partial charge in [-0.1, -0.05) is 12.8 Å². The Morgan fingerprint density at radius 2 is 2.10 bits per heavy atom. The van der Waals surface area contributed by atoms with Crippen molar-refractivity contribution >= 4 is 11.9 Å². The molecule has 2 atom stereocenters. The molecular formula is C14H21N3O3. The fraction of sp³-hybridized carbons (Fsp3) is 0.643. The summed E-state index contributed by atoms with van der Waals surface area (Å²) in [6, 6.07) is 1.86. The summed E-state index contributed by atoms with van der Waals surface area (Å²) in [7, 11) is 0. The lowest BCUT2D eigenvalue weighted by Crippen LogP contribution is -2.39. The SMILES string of the molecule is CCn1ccc(CNC(=O)[C@@H]2CCCC[C@H]2C(=O)O)n1. The van der Waals surface area contributed by atoms with Gasteiger partial charge < -0.3 is 10.4 Å². The molecule has 0 bridgehead atoms. The lowest BCUT2D eigenvalue weighted by atomic mass is 9.79. The molecule has 0 aromatic carbocycles. The monoisotopic (exact) mass is 279 g/mol. The number of hydrogen-bond donors (Lipinski definition) is 2. The third kappa shape index (κ3) is 3.37. The second kappa shape index (κ2) is 6.54. The summed E-state index contributed by atoms with van der Waals surface area (Å²) in [5.74, 6) is -1.98. The van der Waals surface area contributed by atoms with E-state index in [0.717, 1.165) is 25.1 Å². The van der Waals surface area contributed by atoms with Gasteiger partial charge >= 0.3 is 5.97 Å². The van der Waals surface area contributed by atoms with Crippen LogP contribution >= 0.6 is 0 Å². The third-order valence-electron chi connectivity index (χ3n) is 3.88. The molecule has 1 heterocycles. The number of nitrogens with one attached hydrogen (secondary N) is 1. The maximum Gasteiger partial charge on any atom is 0.307 e. The Morgan fingerprint density at radius 3 is 2.70 bits per heavy atom. The topological polar surface area (TPSA) is 84.2 Å². The van der Waals surface area contributed by atoms with Crippen LogP contribution in [0.25, 0.3) is 0 Å². The summed E-state index contributed by atoms with van der Waals surface area (Å²) >= 11 is 0. The number of aryl methyl sites for hydroxylation is 1. The van der Waals surface area contributed by atoms with Crippen LogP contribution in [0.1, 0.15) is 38.3 Å². The summed E-state index contributed by atoms with van der Waals surface area (Å²) in [6.07, 6.45) is 4.93. The molecule has 20 heavy (non-hydrogen) atoms. The van der Waals surface area contributed by atoms with Crippen molar-refractivity contribution in [2.24, 2.45) is 11.8 Å². The largest absolute Gasteiger partial charge is 0.481 e. The molecule has 2 N–H and O–H groups in total. The van der Waals surface area contributed by atoms with E-state index >= 15 is 0 Å². The summed E-state index contributed by atoms with van der Waals surface area (Å²) in [5.41, 5.74) is 0.794. The lowest BCUT2D eigenvalue weighted by Gasteiger charge is -2.27. The van der Waals surface area contributed by atoms with Crippen LogP contribution in [0.5, 0.6) is 0 Å². The zero-order valence-corrected chi connectivity index (χ0v) is 11.7. The fourth-order valence-electron chi connectivity index (χ4n) is 2.72. The van der Waals surface area contributed by atoms with E-state index in [2.05, 4.69) is 10.4 Å². The van der Waals surface area contributed by atoms with Crippen molar-refractivity contribution < 1.29 is 14.7 Å². The van der Waals surface area contributed by atoms with Crippen molar-refractivity contribution in [2.45, 2.75) is 45.7 Å². The molecule has 1 amide bonds. The van der Waals surface area contributed by atoms with Gasteiger partial charge in [0.2, 0.25) is 5.91 Å². The highest BCUT2D eigenvalue weighted by Crippen LogP contribution is 2.30. The van der Waals surface area contributed by atoms with Crippen LogP contribution in [0.3, 0.4) is 0 Å². The van der Waals surface area contributed by atoms with Gasteiger partial charge in [-0.15, -0.1) is 0 Å². The molecule has 0 radical (unpaired) electrons. The average Bonchev–Trinajstić information content (AvgIpc) is 2.92. The third-order valence-corrected chi connectivity index (χ3v) is 3.88. The first-order valence-electron chi connectivity index (χ1n) is 7.14. The number of amides is 1. The summed E-state index contributed by atoms with van der Waals surface area (Å²) < 4.78 is 1.79. The van der Waals surface area contributed by atoms with Gasteiger partial charge in [0.05, 0.1) is 24.1 Å². The molecule has 0 unspecified atom stereocenters. The van der Waals surface area contributed by atoms with Crippen molar-refractivity contribution in [2.75, 3.05) is 0 Å². The van der Waals surface area contributed by atoms with E-state index in [-0.39, 0.29) is 5.91 Å². The Labute approximate surface area is 118 Å². The highest BCUT2D eigenvalue weighted by Gasteiger charge is 2.35. The minimum atomic E-state index is -0.861. The van der Waals surface area contributed by atoms with Crippen LogP contribution in [0.2, 0.25) is 0 Å². The average molecular weight is 279 g/mol. The first-order chi connectivity index (χ1) is 9.61. The van der Waals surface area contributed by atoms with Crippen LogP contribution in [0, 0.1) is 11.8 Å². The molecule has 0 aliphatic heterocycles. The van der Waals surface area contributed by atoms with Crippen molar-refractivity contribution in [3.8, 4) is 0 Å². The van der Waals surface area contributed by atoms with Crippen LogP contribution in [0.15, 0.2) is 12.3 Å². The molecule has 1 aliphatic carbocycles. The molecule has 6 heteroatoms. The highest BCUT2D eigenvalue weighted by molar-refractivity contribution is 5.84. The van der Waals surface area contributed by atoms with Gasteiger partial charge in [0.25, 0.3) is 0 Å². The quantitative estimate of drug-likeness (QED) is 0.853. The van der Waals surface area contributed by atoms with Crippen LogP contribution in [0.4, 0.5) is 0 Å². The number of nitrogens with zero attached hydrogens (tertiary/aromatic N) is 2. The van der Waals surface area contributed by atoms with E-state index < -0.39 is 17.8 Å². The standard InChI is InChI=1S/C14H21N3O3/c1-2-17-8-7-10(16-17)9-15-13(18)11-5-3-4-6-12(11)14(19)20/h7-8,11-12H,2-6,9H2,1H3,(H,15,18)(H,19,20)/t11-,12-/m1/s1. The maximum atomic E-state index is 12.2. The van der Waals surface area contributed by atoms with Crippen LogP contribution in [-0.4, -0.2) is 26.8 Å². The Hall–Kier alpha value is -1.85. The number of carboxylic acids is 1. The second-order valence-electron chi connectivity index (χ2n) is 5.22. The molecule has 0 spiro atoms. The van der Waals surface area contributed by atoms with E-state index in [1.54, 1.807) is 4.68 Å². The van der Waals surface area contributed by atoms with Gasteiger partial charge in [0, 0.05) is 12.7 Å². The number of hydrogen-bond acceptors (Lipinski definition) is 3. The predicted octanol–water partition coefficient (Wildman–Crippen LogP) is 1.41. The number of rotatable bonds is 5. The number of carbonyl (C=O) groups excluding carboxylic acids is 1. The molecule has 6 nitrogen and oxygen atoms in total. The highest BCUT2D eigenvalue weighted by atomic mass is 16.4. The van der Waals surface area contributed by atoms with E-state index in [1.807, 2.05) is 19.2 Å².